The quantitative estimate of drug-likeness (QED) is 0.537. The van der Waals surface area contributed by atoms with E-state index in [1.54, 1.807) is 0 Å². The van der Waals surface area contributed by atoms with E-state index in [0.29, 0.717) is 11.8 Å². The third-order valence-electron chi connectivity index (χ3n) is 9.42. The van der Waals surface area contributed by atoms with E-state index >= 15 is 0 Å². The minimum Gasteiger partial charge on any atom is -0.494 e. The molecule has 1 N–H and O–H groups in total. The van der Waals surface area contributed by atoms with Gasteiger partial charge in [0.15, 0.2) is 11.4 Å². The number of allylic oxidation sites excluding steroid dienone is 1. The zero-order chi connectivity index (χ0) is 20.6. The van der Waals surface area contributed by atoms with E-state index in [9.17, 15) is 14.7 Å². The largest absolute Gasteiger partial charge is 0.494 e. The first-order valence-electron chi connectivity index (χ1n) is 11.2. The maximum absolute atomic E-state index is 12.8. The van der Waals surface area contributed by atoms with E-state index in [1.807, 2.05) is 0 Å². The van der Waals surface area contributed by atoms with Crippen LogP contribution in [-0.2, 0) is 19.1 Å². The summed E-state index contributed by atoms with van der Waals surface area (Å²) in [4.78, 5) is 24.2. The lowest BCUT2D eigenvalue weighted by atomic mass is 9.46. The van der Waals surface area contributed by atoms with Crippen LogP contribution in [0.4, 0.5) is 0 Å². The lowest BCUT2D eigenvalue weighted by molar-refractivity contribution is -0.175. The summed E-state index contributed by atoms with van der Waals surface area (Å²) in [5.41, 5.74) is -0.254. The van der Waals surface area contributed by atoms with Crippen molar-refractivity contribution in [3.05, 3.63) is 24.0 Å². The molecule has 0 radical (unpaired) electrons. The summed E-state index contributed by atoms with van der Waals surface area (Å²) < 4.78 is 11.3. The molecule has 0 aromatic rings. The number of ketones is 1. The first kappa shape index (κ1) is 19.3. The van der Waals surface area contributed by atoms with Gasteiger partial charge in [0.2, 0.25) is 0 Å². The summed E-state index contributed by atoms with van der Waals surface area (Å²) in [6.07, 6.45) is 11.2. The molecule has 3 fully saturated rings. The molecule has 4 aliphatic carbocycles. The molecule has 0 aromatic carbocycles. The molecule has 0 aromatic heterocycles. The second-order valence-electron chi connectivity index (χ2n) is 10.5. The molecule has 5 heteroatoms. The molecule has 0 saturated heterocycles. The molecule has 0 spiro atoms. The number of rotatable bonds is 1. The number of ether oxygens (including phenoxy) is 2. The second-order valence-corrected chi connectivity index (χ2v) is 10.5. The van der Waals surface area contributed by atoms with Gasteiger partial charge in [0.05, 0.1) is 6.26 Å². The predicted molar refractivity (Wildman–Crippen MR) is 107 cm³/mol. The van der Waals surface area contributed by atoms with Crippen LogP contribution >= 0.6 is 0 Å². The van der Waals surface area contributed by atoms with Gasteiger partial charge in [0.1, 0.15) is 12.2 Å². The molecule has 0 bridgehead atoms. The summed E-state index contributed by atoms with van der Waals surface area (Å²) in [7, 11) is 0. The maximum Gasteiger partial charge on any atom is 0.302 e. The van der Waals surface area contributed by atoms with Gasteiger partial charge >= 0.3 is 5.97 Å². The Balaban J connectivity index is 1.46. The smallest absolute Gasteiger partial charge is 0.302 e. The van der Waals surface area contributed by atoms with E-state index in [1.165, 1.54) is 24.8 Å². The fraction of sp³-hybridized carbons (Fsp3) is 0.750. The number of fused-ring (bicyclic) bond motifs is 7. The molecule has 29 heavy (non-hydrogen) atoms. The SMILES string of the molecule is CC(=O)O[C@@H]1CC[C@]2(C)C(=CC[C@@H]3[C@@H]2CC[C@]2(C)[C@H]3C[C@H]3OC=CC(=O)[C@@]32O)C1. The number of carbonyl (C=O) groups excluding carboxylic acids is 2. The van der Waals surface area contributed by atoms with Crippen LogP contribution in [0.3, 0.4) is 0 Å². The highest BCUT2D eigenvalue weighted by atomic mass is 16.5. The molecule has 3 saturated carbocycles. The van der Waals surface area contributed by atoms with Gasteiger partial charge in [-0.3, -0.25) is 9.59 Å². The topological polar surface area (TPSA) is 72.8 Å². The molecule has 8 atom stereocenters. The average molecular weight is 401 g/mol. The van der Waals surface area contributed by atoms with Crippen LogP contribution in [0.15, 0.2) is 24.0 Å². The number of aliphatic hydroxyl groups is 1. The van der Waals surface area contributed by atoms with Crippen LogP contribution in [0.1, 0.15) is 65.7 Å². The van der Waals surface area contributed by atoms with Gasteiger partial charge in [-0.15, -0.1) is 0 Å². The van der Waals surface area contributed by atoms with Crippen LogP contribution < -0.4 is 0 Å². The maximum atomic E-state index is 12.8. The zero-order valence-electron chi connectivity index (χ0n) is 17.6. The third kappa shape index (κ3) is 2.43. The summed E-state index contributed by atoms with van der Waals surface area (Å²) in [6.45, 7) is 6.00. The lowest BCUT2D eigenvalue weighted by Gasteiger charge is -2.58. The minimum absolute atomic E-state index is 0.00406. The standard InChI is InChI=1S/C24H32O5/c1-14(25)29-16-6-9-22(2)15(12-16)4-5-17-18(22)7-10-23(3)19(17)13-21-24(23,27)20(26)8-11-28-21/h4,8,11,16-19,21,27H,5-7,9-10,12-13H2,1-3H3/t16-,17-,18+,19+,21-,22-,23-,24-/m1/s1. The Hall–Kier alpha value is -1.62. The van der Waals surface area contributed by atoms with Gasteiger partial charge in [-0.05, 0) is 61.7 Å². The van der Waals surface area contributed by atoms with E-state index < -0.39 is 17.1 Å². The van der Waals surface area contributed by atoms with Crippen LogP contribution in [0.5, 0.6) is 0 Å². The number of hydrogen-bond donors (Lipinski definition) is 1. The second kappa shape index (κ2) is 6.19. The Morgan fingerprint density at radius 2 is 2.03 bits per heavy atom. The predicted octanol–water partition coefficient (Wildman–Crippen LogP) is 3.70. The van der Waals surface area contributed by atoms with E-state index in [4.69, 9.17) is 9.47 Å². The molecule has 5 rings (SSSR count). The Kier molecular flexibility index (Phi) is 4.13. The first-order chi connectivity index (χ1) is 13.7. The van der Waals surface area contributed by atoms with Crippen molar-refractivity contribution in [2.45, 2.75) is 83.5 Å². The number of carbonyl (C=O) groups is 2. The lowest BCUT2D eigenvalue weighted by Crippen LogP contribution is -2.60. The molecule has 158 valence electrons. The molecule has 5 aliphatic rings. The van der Waals surface area contributed by atoms with Crippen molar-refractivity contribution in [2.24, 2.45) is 28.6 Å². The van der Waals surface area contributed by atoms with Gasteiger partial charge in [-0.2, -0.15) is 0 Å². The molecular weight excluding hydrogens is 368 g/mol. The summed E-state index contributed by atoms with van der Waals surface area (Å²) in [5.74, 6) is 0.907. The fourth-order valence-electron chi connectivity index (χ4n) is 7.88. The molecule has 1 aliphatic heterocycles. The van der Waals surface area contributed by atoms with E-state index in [0.717, 1.165) is 44.9 Å². The monoisotopic (exact) mass is 400 g/mol. The van der Waals surface area contributed by atoms with Crippen molar-refractivity contribution in [1.29, 1.82) is 0 Å². The Morgan fingerprint density at radius 1 is 1.24 bits per heavy atom. The molecule has 0 unspecified atom stereocenters. The van der Waals surface area contributed by atoms with Gasteiger partial charge < -0.3 is 14.6 Å². The van der Waals surface area contributed by atoms with Crippen LogP contribution in [0.25, 0.3) is 0 Å². The van der Waals surface area contributed by atoms with Gasteiger partial charge in [0, 0.05) is 24.8 Å². The minimum atomic E-state index is -1.39. The highest BCUT2D eigenvalue weighted by molar-refractivity contribution is 5.99. The number of hydrogen-bond acceptors (Lipinski definition) is 5. The van der Waals surface area contributed by atoms with Gasteiger partial charge in [-0.1, -0.05) is 25.5 Å². The summed E-state index contributed by atoms with van der Waals surface area (Å²) in [6, 6.07) is 0. The Morgan fingerprint density at radius 3 is 2.79 bits per heavy atom. The van der Waals surface area contributed by atoms with Gasteiger partial charge in [0.25, 0.3) is 0 Å². The molecular formula is C24H32O5. The number of esters is 1. The molecule has 1 heterocycles. The van der Waals surface area contributed by atoms with Crippen LogP contribution in [0, 0.1) is 28.6 Å². The van der Waals surface area contributed by atoms with Gasteiger partial charge in [-0.25, -0.2) is 0 Å². The zero-order valence-corrected chi connectivity index (χ0v) is 17.6. The molecule has 5 nitrogen and oxygen atoms in total. The van der Waals surface area contributed by atoms with Crippen LogP contribution in [0.2, 0.25) is 0 Å². The fourth-order valence-corrected chi connectivity index (χ4v) is 7.88. The van der Waals surface area contributed by atoms with Crippen molar-refractivity contribution >= 4 is 11.8 Å². The Bertz CT molecular complexity index is 814. The first-order valence-corrected chi connectivity index (χ1v) is 11.2. The van der Waals surface area contributed by atoms with Crippen molar-refractivity contribution in [3.63, 3.8) is 0 Å². The van der Waals surface area contributed by atoms with Crippen molar-refractivity contribution in [2.75, 3.05) is 0 Å². The highest BCUT2D eigenvalue weighted by Crippen LogP contribution is 2.68. The highest BCUT2D eigenvalue weighted by Gasteiger charge is 2.71. The van der Waals surface area contributed by atoms with Crippen molar-refractivity contribution in [1.82, 2.24) is 0 Å². The normalized spacial score (nSPS) is 50.4. The summed E-state index contributed by atoms with van der Waals surface area (Å²) >= 11 is 0. The average Bonchev–Trinajstić information content (AvgIpc) is 2.91. The van der Waals surface area contributed by atoms with Crippen LogP contribution in [-0.4, -0.2) is 34.7 Å². The summed E-state index contributed by atoms with van der Waals surface area (Å²) in [5, 5.41) is 11.5. The van der Waals surface area contributed by atoms with Crippen molar-refractivity contribution in [3.8, 4) is 0 Å². The third-order valence-corrected chi connectivity index (χ3v) is 9.42. The van der Waals surface area contributed by atoms with Crippen molar-refractivity contribution < 1.29 is 24.2 Å². The van der Waals surface area contributed by atoms with E-state index in [2.05, 4.69) is 19.9 Å². The Labute approximate surface area is 172 Å². The molecule has 0 amide bonds. The van der Waals surface area contributed by atoms with E-state index in [-0.39, 0.29) is 29.2 Å².